The summed E-state index contributed by atoms with van der Waals surface area (Å²) in [5, 5.41) is 9.19. The van der Waals surface area contributed by atoms with Gasteiger partial charge in [-0.1, -0.05) is 12.1 Å². The Morgan fingerprint density at radius 3 is 2.58 bits per heavy atom. The third-order valence-corrected chi connectivity index (χ3v) is 3.28. The van der Waals surface area contributed by atoms with Crippen LogP contribution in [-0.2, 0) is 13.2 Å². The van der Waals surface area contributed by atoms with Crippen molar-refractivity contribution in [3.63, 3.8) is 0 Å². The van der Waals surface area contributed by atoms with E-state index in [-0.39, 0.29) is 6.61 Å². The molecule has 1 N–H and O–H groups in total. The molecule has 100 valence electrons. The Balaban J connectivity index is 2.15. The predicted molar refractivity (Wildman–Crippen MR) is 78.2 cm³/mol. The number of aliphatic hydroxyl groups is 1. The van der Waals surface area contributed by atoms with Gasteiger partial charge in [-0.25, -0.2) is 0 Å². The number of aromatic nitrogens is 1. The van der Waals surface area contributed by atoms with Crippen LogP contribution in [0.4, 0.5) is 5.69 Å². The van der Waals surface area contributed by atoms with E-state index >= 15 is 0 Å². The van der Waals surface area contributed by atoms with Crippen LogP contribution >= 0.6 is 0 Å². The fraction of sp³-hybridized carbons (Fsp3) is 0.312. The van der Waals surface area contributed by atoms with E-state index in [4.69, 9.17) is 0 Å². The van der Waals surface area contributed by atoms with Gasteiger partial charge in [0.05, 0.1) is 18.8 Å². The molecule has 2 rings (SSSR count). The van der Waals surface area contributed by atoms with E-state index < -0.39 is 0 Å². The first-order valence-electron chi connectivity index (χ1n) is 6.44. The molecule has 3 nitrogen and oxygen atoms in total. The van der Waals surface area contributed by atoms with Gasteiger partial charge in [0.25, 0.3) is 0 Å². The zero-order valence-corrected chi connectivity index (χ0v) is 11.7. The Morgan fingerprint density at radius 2 is 1.95 bits per heavy atom. The predicted octanol–water partition coefficient (Wildman–Crippen LogP) is 2.83. The van der Waals surface area contributed by atoms with Crippen molar-refractivity contribution in [1.29, 1.82) is 0 Å². The second-order valence-electron chi connectivity index (χ2n) is 4.90. The van der Waals surface area contributed by atoms with E-state index in [1.54, 1.807) is 0 Å². The third kappa shape index (κ3) is 3.32. The lowest BCUT2D eigenvalue weighted by atomic mass is 10.1. The van der Waals surface area contributed by atoms with Crippen molar-refractivity contribution in [3.8, 4) is 0 Å². The van der Waals surface area contributed by atoms with Crippen molar-refractivity contribution in [2.24, 2.45) is 0 Å². The van der Waals surface area contributed by atoms with Crippen molar-refractivity contribution < 1.29 is 5.11 Å². The van der Waals surface area contributed by atoms with E-state index in [1.165, 1.54) is 0 Å². The first kappa shape index (κ1) is 13.6. The monoisotopic (exact) mass is 256 g/mol. The number of hydrogen-bond donors (Lipinski definition) is 1. The summed E-state index contributed by atoms with van der Waals surface area (Å²) in [5.41, 5.74) is 5.33. The third-order valence-electron chi connectivity index (χ3n) is 3.28. The average Bonchev–Trinajstić information content (AvgIpc) is 2.38. The number of aliphatic hydroxyl groups excluding tert-OH is 1. The van der Waals surface area contributed by atoms with Crippen LogP contribution in [0.25, 0.3) is 0 Å². The van der Waals surface area contributed by atoms with E-state index in [1.807, 2.05) is 44.2 Å². The number of aryl methyl sites for hydroxylation is 2. The molecule has 0 saturated heterocycles. The molecular weight excluding hydrogens is 236 g/mol. The highest BCUT2D eigenvalue weighted by molar-refractivity contribution is 5.50. The highest BCUT2D eigenvalue weighted by Crippen LogP contribution is 2.19. The van der Waals surface area contributed by atoms with Crippen molar-refractivity contribution in [2.75, 3.05) is 11.9 Å². The van der Waals surface area contributed by atoms with Crippen LogP contribution in [0.15, 0.2) is 36.4 Å². The van der Waals surface area contributed by atoms with Crippen molar-refractivity contribution >= 4 is 5.69 Å². The van der Waals surface area contributed by atoms with Gasteiger partial charge in [0.2, 0.25) is 0 Å². The summed E-state index contributed by atoms with van der Waals surface area (Å²) >= 11 is 0. The number of anilines is 1. The van der Waals surface area contributed by atoms with Gasteiger partial charge in [0.15, 0.2) is 0 Å². The largest absolute Gasteiger partial charge is 0.392 e. The minimum absolute atomic E-state index is 0.0925. The van der Waals surface area contributed by atoms with Crippen LogP contribution < -0.4 is 4.90 Å². The molecule has 1 aromatic heterocycles. The molecule has 0 bridgehead atoms. The number of benzene rings is 1. The first-order chi connectivity index (χ1) is 9.10. The lowest BCUT2D eigenvalue weighted by Gasteiger charge is -2.20. The molecule has 0 saturated carbocycles. The van der Waals surface area contributed by atoms with Crippen LogP contribution in [0.3, 0.4) is 0 Å². The highest BCUT2D eigenvalue weighted by atomic mass is 16.3. The lowest BCUT2D eigenvalue weighted by molar-refractivity contribution is 0.281. The molecule has 0 aliphatic heterocycles. The quantitative estimate of drug-likeness (QED) is 0.913. The van der Waals surface area contributed by atoms with E-state index in [9.17, 15) is 5.11 Å². The van der Waals surface area contributed by atoms with Gasteiger partial charge < -0.3 is 10.0 Å². The molecule has 0 fully saturated rings. The molecule has 0 aliphatic rings. The van der Waals surface area contributed by atoms with Gasteiger partial charge in [0.1, 0.15) is 0 Å². The number of pyridine rings is 1. The van der Waals surface area contributed by atoms with Gasteiger partial charge >= 0.3 is 0 Å². The van der Waals surface area contributed by atoms with Gasteiger partial charge in [-0.05, 0) is 49.2 Å². The van der Waals surface area contributed by atoms with Crippen molar-refractivity contribution in [1.82, 2.24) is 4.98 Å². The standard InChI is InChI=1S/C16H20N2O/c1-12-9-16(8-7-14(12)11-19)18(3)10-15-6-4-5-13(2)17-15/h4-9,19H,10-11H2,1-3H3. The SMILES string of the molecule is Cc1cccc(CN(C)c2ccc(CO)c(C)c2)n1. The molecule has 0 amide bonds. The smallest absolute Gasteiger partial charge is 0.0684 e. The fourth-order valence-corrected chi connectivity index (χ4v) is 2.12. The van der Waals surface area contributed by atoms with Crippen LogP contribution in [0.1, 0.15) is 22.5 Å². The maximum absolute atomic E-state index is 9.19. The molecule has 0 aliphatic carbocycles. The zero-order chi connectivity index (χ0) is 13.8. The summed E-state index contributed by atoms with van der Waals surface area (Å²) in [7, 11) is 2.05. The fourth-order valence-electron chi connectivity index (χ4n) is 2.12. The molecule has 0 atom stereocenters. The second kappa shape index (κ2) is 5.85. The summed E-state index contributed by atoms with van der Waals surface area (Å²) in [6, 6.07) is 12.2. The molecule has 0 spiro atoms. The Kier molecular flexibility index (Phi) is 4.17. The number of nitrogens with zero attached hydrogens (tertiary/aromatic N) is 2. The van der Waals surface area contributed by atoms with Gasteiger partial charge in [-0.3, -0.25) is 4.98 Å². The Labute approximate surface area is 114 Å². The first-order valence-corrected chi connectivity index (χ1v) is 6.44. The lowest BCUT2D eigenvalue weighted by Crippen LogP contribution is -2.17. The minimum atomic E-state index is 0.0925. The summed E-state index contributed by atoms with van der Waals surface area (Å²) < 4.78 is 0. The number of rotatable bonds is 4. The summed E-state index contributed by atoms with van der Waals surface area (Å²) in [4.78, 5) is 6.68. The summed E-state index contributed by atoms with van der Waals surface area (Å²) in [5.74, 6) is 0. The van der Waals surface area contributed by atoms with Crippen LogP contribution in [0.2, 0.25) is 0 Å². The molecule has 0 radical (unpaired) electrons. The molecule has 3 heteroatoms. The molecular formula is C16H20N2O. The topological polar surface area (TPSA) is 36.4 Å². The Bertz CT molecular complexity index is 566. The molecule has 1 heterocycles. The maximum atomic E-state index is 9.19. The van der Waals surface area contributed by atoms with E-state index in [0.717, 1.165) is 34.7 Å². The zero-order valence-electron chi connectivity index (χ0n) is 11.7. The molecule has 19 heavy (non-hydrogen) atoms. The van der Waals surface area contributed by atoms with Gasteiger partial charge in [-0.15, -0.1) is 0 Å². The number of hydrogen-bond acceptors (Lipinski definition) is 3. The van der Waals surface area contributed by atoms with Crippen molar-refractivity contribution in [3.05, 3.63) is 58.9 Å². The van der Waals surface area contributed by atoms with Crippen LogP contribution in [0, 0.1) is 13.8 Å². The normalized spacial score (nSPS) is 10.5. The Morgan fingerprint density at radius 1 is 1.16 bits per heavy atom. The molecule has 2 aromatic rings. The Hall–Kier alpha value is -1.87. The molecule has 0 unspecified atom stereocenters. The van der Waals surface area contributed by atoms with Gasteiger partial charge in [-0.2, -0.15) is 0 Å². The van der Waals surface area contributed by atoms with E-state index in [2.05, 4.69) is 23.0 Å². The minimum Gasteiger partial charge on any atom is -0.392 e. The average molecular weight is 256 g/mol. The van der Waals surface area contributed by atoms with Crippen molar-refractivity contribution in [2.45, 2.75) is 27.0 Å². The summed E-state index contributed by atoms with van der Waals surface area (Å²) in [6.07, 6.45) is 0. The molecule has 1 aromatic carbocycles. The van der Waals surface area contributed by atoms with Crippen LogP contribution in [0.5, 0.6) is 0 Å². The second-order valence-corrected chi connectivity index (χ2v) is 4.90. The van der Waals surface area contributed by atoms with Crippen LogP contribution in [-0.4, -0.2) is 17.1 Å². The van der Waals surface area contributed by atoms with E-state index in [0.29, 0.717) is 0 Å². The van der Waals surface area contributed by atoms with Gasteiger partial charge in [0, 0.05) is 18.4 Å². The maximum Gasteiger partial charge on any atom is 0.0684 e. The summed E-state index contributed by atoms with van der Waals surface area (Å²) in [6.45, 7) is 4.90. The highest BCUT2D eigenvalue weighted by Gasteiger charge is 2.05.